The molecule has 0 amide bonds. The number of Topliss-reactive ketones (excluding diaryl/α,β-unsaturated/α-hetero) is 1. The zero-order valence-electron chi connectivity index (χ0n) is 20.2. The van der Waals surface area contributed by atoms with E-state index in [0.717, 1.165) is 11.8 Å². The van der Waals surface area contributed by atoms with E-state index in [2.05, 4.69) is 10.3 Å². The lowest BCUT2D eigenvalue weighted by Crippen LogP contribution is -2.52. The maximum absolute atomic E-state index is 14.1. The largest absolute Gasteiger partial charge is 0.355 e. The second-order valence-corrected chi connectivity index (χ2v) is 11.6. The quantitative estimate of drug-likeness (QED) is 0.299. The van der Waals surface area contributed by atoms with Crippen LogP contribution in [0.3, 0.4) is 0 Å². The highest BCUT2D eigenvalue weighted by molar-refractivity contribution is 7.89. The van der Waals surface area contributed by atoms with Gasteiger partial charge < -0.3 is 10.7 Å². The van der Waals surface area contributed by atoms with Gasteiger partial charge in [0.15, 0.2) is 5.78 Å². The Morgan fingerprint density at radius 3 is 2.61 bits per heavy atom. The maximum atomic E-state index is 14.1. The number of piperidine rings is 1. The van der Waals surface area contributed by atoms with Gasteiger partial charge in [0.25, 0.3) is 0 Å². The smallest absolute Gasteiger partial charge is 0.243 e. The molecule has 10 heteroatoms. The highest BCUT2D eigenvalue weighted by atomic mass is 35.5. The Labute approximate surface area is 225 Å². The highest BCUT2D eigenvalue weighted by Crippen LogP contribution is 2.47. The van der Waals surface area contributed by atoms with Crippen molar-refractivity contribution in [1.29, 1.82) is 5.41 Å². The molecule has 2 heterocycles. The molecule has 3 aromatic rings. The monoisotopic (exact) mass is 550 g/mol. The first kappa shape index (κ1) is 26.0. The van der Waals surface area contributed by atoms with E-state index in [-0.39, 0.29) is 41.7 Å². The van der Waals surface area contributed by atoms with Crippen LogP contribution in [-0.4, -0.2) is 42.8 Å². The van der Waals surface area contributed by atoms with Gasteiger partial charge in [0, 0.05) is 41.9 Å². The number of nitrogens with zero attached hydrogens (tertiary/aromatic N) is 2. The number of halogens is 2. The van der Waals surface area contributed by atoms with Gasteiger partial charge in [-0.15, -0.1) is 0 Å². The molecule has 5 rings (SSSR count). The van der Waals surface area contributed by atoms with E-state index >= 15 is 0 Å². The molecule has 1 aliphatic heterocycles. The highest BCUT2D eigenvalue weighted by Gasteiger charge is 2.51. The van der Waals surface area contributed by atoms with Gasteiger partial charge >= 0.3 is 0 Å². The number of allylic oxidation sites excluding steroid dienone is 2. The van der Waals surface area contributed by atoms with Crippen LogP contribution in [0.4, 0.5) is 10.1 Å². The molecular formula is C28H24ClFN4O3S. The van der Waals surface area contributed by atoms with Crippen LogP contribution in [-0.2, 0) is 10.0 Å². The number of hydrogen-bond donors (Lipinski definition) is 2. The van der Waals surface area contributed by atoms with Crippen LogP contribution in [0.5, 0.6) is 0 Å². The van der Waals surface area contributed by atoms with Gasteiger partial charge in [-0.3, -0.25) is 9.78 Å². The van der Waals surface area contributed by atoms with E-state index in [4.69, 9.17) is 17.0 Å². The summed E-state index contributed by atoms with van der Waals surface area (Å²) in [6.45, 7) is 0.0614. The SMILES string of the molecule is N=CC1=C(Nc2ccc(F)cc2)C=C2CCN(S(=O)(=O)c3cccc(Cl)c3)C[C@@]2(C(=O)c2ccccn2)C1. The van der Waals surface area contributed by atoms with E-state index < -0.39 is 15.4 Å². The van der Waals surface area contributed by atoms with E-state index in [1.165, 1.54) is 34.8 Å². The van der Waals surface area contributed by atoms with Crippen molar-refractivity contribution in [1.82, 2.24) is 9.29 Å². The van der Waals surface area contributed by atoms with Crippen LogP contribution in [0.15, 0.2) is 101 Å². The van der Waals surface area contributed by atoms with Crippen molar-refractivity contribution < 1.29 is 17.6 Å². The summed E-state index contributed by atoms with van der Waals surface area (Å²) < 4.78 is 42.0. The average Bonchev–Trinajstić information content (AvgIpc) is 2.93. The third-order valence-electron chi connectivity index (χ3n) is 6.91. The zero-order valence-corrected chi connectivity index (χ0v) is 21.8. The van der Waals surface area contributed by atoms with Gasteiger partial charge in [0.2, 0.25) is 10.0 Å². The fourth-order valence-electron chi connectivity index (χ4n) is 4.99. The minimum absolute atomic E-state index is 0.0511. The number of pyridine rings is 1. The number of aromatic nitrogens is 1. The maximum Gasteiger partial charge on any atom is 0.243 e. The molecule has 1 aromatic heterocycles. The minimum atomic E-state index is -3.95. The lowest BCUT2D eigenvalue weighted by atomic mass is 9.65. The predicted molar refractivity (Wildman–Crippen MR) is 144 cm³/mol. The first-order chi connectivity index (χ1) is 18.2. The number of benzene rings is 2. The molecule has 2 N–H and O–H groups in total. The van der Waals surface area contributed by atoms with Gasteiger partial charge in [-0.1, -0.05) is 29.3 Å². The third kappa shape index (κ3) is 4.80. The molecule has 0 unspecified atom stereocenters. The topological polar surface area (TPSA) is 103 Å². The Morgan fingerprint density at radius 2 is 1.92 bits per heavy atom. The van der Waals surface area contributed by atoms with Gasteiger partial charge in [-0.25, -0.2) is 12.8 Å². The van der Waals surface area contributed by atoms with Crippen molar-refractivity contribution >= 4 is 39.3 Å². The van der Waals surface area contributed by atoms with Gasteiger partial charge in [0.1, 0.15) is 11.5 Å². The van der Waals surface area contributed by atoms with Crippen molar-refractivity contribution in [3.8, 4) is 0 Å². The van der Waals surface area contributed by atoms with Gasteiger partial charge in [-0.05, 0) is 79.1 Å². The van der Waals surface area contributed by atoms with E-state index in [0.29, 0.717) is 28.4 Å². The Morgan fingerprint density at radius 1 is 1.13 bits per heavy atom. The lowest BCUT2D eigenvalue weighted by Gasteiger charge is -2.45. The standard InChI is InChI=1S/C28H24ClFN4O3S/c29-21-4-3-5-24(15-21)38(36,37)34-13-11-20-14-26(33-23-9-7-22(30)8-10-23)19(17-31)16-28(20,18-34)27(35)25-6-1-2-12-32-25/h1-10,12,14-15,17,31,33H,11,13,16,18H2/t28-/m0/s1. The Kier molecular flexibility index (Phi) is 7.00. The lowest BCUT2D eigenvalue weighted by molar-refractivity contribution is 0.0770. The number of anilines is 1. The summed E-state index contributed by atoms with van der Waals surface area (Å²) in [5, 5.41) is 11.6. The summed E-state index contributed by atoms with van der Waals surface area (Å²) >= 11 is 6.07. The Bertz CT molecular complexity index is 1570. The summed E-state index contributed by atoms with van der Waals surface area (Å²) in [5.74, 6) is -0.678. The van der Waals surface area contributed by atoms with Crippen LogP contribution in [0.2, 0.25) is 5.02 Å². The van der Waals surface area contributed by atoms with Crippen molar-refractivity contribution in [2.75, 3.05) is 18.4 Å². The molecule has 2 aromatic carbocycles. The molecule has 1 atom stereocenters. The van der Waals surface area contributed by atoms with Crippen LogP contribution < -0.4 is 5.32 Å². The Balaban J connectivity index is 1.57. The molecule has 1 saturated heterocycles. The second-order valence-electron chi connectivity index (χ2n) is 9.23. The number of sulfonamides is 1. The van der Waals surface area contributed by atoms with E-state index in [1.54, 1.807) is 42.5 Å². The summed E-state index contributed by atoms with van der Waals surface area (Å²) in [6, 6.07) is 16.9. The normalized spacial score (nSPS) is 19.9. The van der Waals surface area contributed by atoms with Crippen LogP contribution >= 0.6 is 11.6 Å². The third-order valence-corrected chi connectivity index (χ3v) is 8.99. The number of nitrogens with one attached hydrogen (secondary N) is 2. The molecule has 2 aliphatic rings. The number of ketones is 1. The van der Waals surface area contributed by atoms with Gasteiger partial charge in [0.05, 0.1) is 10.3 Å². The van der Waals surface area contributed by atoms with Crippen molar-refractivity contribution in [2.24, 2.45) is 5.41 Å². The van der Waals surface area contributed by atoms with E-state index in [9.17, 15) is 17.6 Å². The predicted octanol–water partition coefficient (Wildman–Crippen LogP) is 5.48. The van der Waals surface area contributed by atoms with E-state index in [1.807, 2.05) is 6.08 Å². The fraction of sp³-hybridized carbons (Fsp3) is 0.179. The summed E-state index contributed by atoms with van der Waals surface area (Å²) in [7, 11) is -3.95. The molecule has 7 nitrogen and oxygen atoms in total. The summed E-state index contributed by atoms with van der Waals surface area (Å²) in [4.78, 5) is 18.4. The molecule has 1 fully saturated rings. The number of fused-ring (bicyclic) bond motifs is 1. The molecule has 194 valence electrons. The van der Waals surface area contributed by atoms with Crippen molar-refractivity contribution in [3.05, 3.63) is 112 Å². The molecule has 0 bridgehead atoms. The molecule has 38 heavy (non-hydrogen) atoms. The number of hydrogen-bond acceptors (Lipinski definition) is 6. The molecule has 0 radical (unpaired) electrons. The number of carbonyl (C=O) groups excluding carboxylic acids is 1. The molecular weight excluding hydrogens is 527 g/mol. The second kappa shape index (κ2) is 10.2. The summed E-state index contributed by atoms with van der Waals surface area (Å²) in [6.07, 6.45) is 4.91. The van der Waals surface area contributed by atoms with Crippen molar-refractivity contribution in [3.63, 3.8) is 0 Å². The first-order valence-corrected chi connectivity index (χ1v) is 13.7. The molecule has 0 saturated carbocycles. The molecule has 1 aliphatic carbocycles. The van der Waals surface area contributed by atoms with Crippen molar-refractivity contribution in [2.45, 2.75) is 17.7 Å². The fourth-order valence-corrected chi connectivity index (χ4v) is 6.79. The van der Waals surface area contributed by atoms with Gasteiger partial charge in [-0.2, -0.15) is 4.31 Å². The van der Waals surface area contributed by atoms with Crippen LogP contribution in [0, 0.1) is 16.6 Å². The molecule has 0 spiro atoms. The van der Waals surface area contributed by atoms with Crippen LogP contribution in [0.1, 0.15) is 23.3 Å². The first-order valence-electron chi connectivity index (χ1n) is 11.9. The number of rotatable bonds is 7. The zero-order chi connectivity index (χ0) is 26.9. The Hall–Kier alpha value is -3.66. The minimum Gasteiger partial charge on any atom is -0.355 e. The van der Waals surface area contributed by atoms with Crippen LogP contribution in [0.25, 0.3) is 0 Å². The summed E-state index contributed by atoms with van der Waals surface area (Å²) in [5.41, 5.74) is 1.48. The number of carbonyl (C=O) groups is 1. The average molecular weight is 551 g/mol.